The Hall–Kier alpha value is -3.86. The maximum absolute atomic E-state index is 12.4. The second-order valence-electron chi connectivity index (χ2n) is 7.84. The third-order valence-electron chi connectivity index (χ3n) is 5.89. The van der Waals surface area contributed by atoms with E-state index < -0.39 is 0 Å². The number of cyclic esters (lactones) is 1. The second-order valence-corrected chi connectivity index (χ2v) is 7.84. The van der Waals surface area contributed by atoms with Crippen molar-refractivity contribution in [3.8, 4) is 11.5 Å². The SMILES string of the molecule is COc1ccc(C2C(=O)OCC2c2ccc(OCc3ccc4ccccc4n3)cc2)cc1. The highest BCUT2D eigenvalue weighted by Crippen LogP contribution is 2.40. The Morgan fingerprint density at radius 2 is 1.59 bits per heavy atom. The Bertz CT molecular complexity index is 1230. The van der Waals surface area contributed by atoms with E-state index in [9.17, 15) is 4.79 Å². The molecule has 0 amide bonds. The number of carbonyl (C=O) groups excluding carboxylic acids is 1. The van der Waals surface area contributed by atoms with Crippen molar-refractivity contribution >= 4 is 16.9 Å². The van der Waals surface area contributed by atoms with Crippen LogP contribution < -0.4 is 9.47 Å². The van der Waals surface area contributed by atoms with Gasteiger partial charge in [-0.25, -0.2) is 4.98 Å². The number of benzene rings is 3. The summed E-state index contributed by atoms with van der Waals surface area (Å²) in [4.78, 5) is 17.1. The summed E-state index contributed by atoms with van der Waals surface area (Å²) in [5.41, 5.74) is 3.82. The Balaban J connectivity index is 1.29. The fraction of sp³-hybridized carbons (Fsp3) is 0.185. The van der Waals surface area contributed by atoms with Gasteiger partial charge in [0.15, 0.2) is 0 Å². The van der Waals surface area contributed by atoms with Crippen LogP contribution in [-0.2, 0) is 16.1 Å². The summed E-state index contributed by atoms with van der Waals surface area (Å²) in [6.45, 7) is 0.764. The predicted molar refractivity (Wildman–Crippen MR) is 122 cm³/mol. The molecule has 1 aliphatic heterocycles. The first-order chi connectivity index (χ1) is 15.7. The molecule has 3 aromatic carbocycles. The minimum absolute atomic E-state index is 0.0351. The zero-order valence-electron chi connectivity index (χ0n) is 17.7. The summed E-state index contributed by atoms with van der Waals surface area (Å²) in [5, 5.41) is 1.11. The number of methoxy groups -OCH3 is 1. The number of esters is 1. The van der Waals surface area contributed by atoms with Gasteiger partial charge in [0.25, 0.3) is 0 Å². The number of carbonyl (C=O) groups is 1. The maximum atomic E-state index is 12.4. The Morgan fingerprint density at radius 3 is 2.38 bits per heavy atom. The average Bonchev–Trinajstić information content (AvgIpc) is 3.24. The van der Waals surface area contributed by atoms with Gasteiger partial charge in [0.05, 0.1) is 30.8 Å². The van der Waals surface area contributed by atoms with Crippen molar-refractivity contribution in [3.63, 3.8) is 0 Å². The molecule has 1 aliphatic rings. The molecule has 4 aromatic rings. The van der Waals surface area contributed by atoms with E-state index in [-0.39, 0.29) is 17.8 Å². The van der Waals surface area contributed by atoms with E-state index in [2.05, 4.69) is 11.1 Å². The van der Waals surface area contributed by atoms with Gasteiger partial charge in [0.2, 0.25) is 0 Å². The van der Waals surface area contributed by atoms with Gasteiger partial charge >= 0.3 is 5.97 Å². The summed E-state index contributed by atoms with van der Waals surface area (Å²) in [5.74, 6) is 0.971. The zero-order chi connectivity index (χ0) is 21.9. The van der Waals surface area contributed by atoms with Crippen molar-refractivity contribution in [1.82, 2.24) is 4.98 Å². The minimum Gasteiger partial charge on any atom is -0.497 e. The number of rotatable bonds is 6. The summed E-state index contributed by atoms with van der Waals surface area (Å²) in [6, 6.07) is 27.5. The third kappa shape index (κ3) is 4.02. The van der Waals surface area contributed by atoms with Crippen LogP contribution >= 0.6 is 0 Å². The van der Waals surface area contributed by atoms with E-state index in [0.717, 1.165) is 39.2 Å². The molecular formula is C27H23NO4. The Labute approximate surface area is 186 Å². The number of nitrogens with zero attached hydrogens (tertiary/aromatic N) is 1. The topological polar surface area (TPSA) is 57.7 Å². The van der Waals surface area contributed by atoms with Gasteiger partial charge in [-0.3, -0.25) is 4.79 Å². The van der Waals surface area contributed by atoms with Crippen molar-refractivity contribution in [2.45, 2.75) is 18.4 Å². The average molecular weight is 425 g/mol. The van der Waals surface area contributed by atoms with Crippen LogP contribution in [0, 0.1) is 0 Å². The minimum atomic E-state index is -0.325. The standard InChI is InChI=1S/C27H23NO4/c1-30-22-12-9-20(10-13-22)26-24(17-32-27(26)29)18-7-14-23(15-8-18)31-16-21-11-6-19-4-2-3-5-25(19)28-21/h2-15,24,26H,16-17H2,1H3. The van der Waals surface area contributed by atoms with Crippen molar-refractivity contribution in [2.24, 2.45) is 0 Å². The van der Waals surface area contributed by atoms with Crippen LogP contribution in [0.1, 0.15) is 28.7 Å². The smallest absolute Gasteiger partial charge is 0.314 e. The highest BCUT2D eigenvalue weighted by molar-refractivity contribution is 5.82. The lowest BCUT2D eigenvalue weighted by atomic mass is 9.83. The van der Waals surface area contributed by atoms with E-state index in [1.807, 2.05) is 78.9 Å². The fourth-order valence-electron chi connectivity index (χ4n) is 4.15. The molecule has 2 atom stereocenters. The molecule has 0 bridgehead atoms. The van der Waals surface area contributed by atoms with Crippen LogP contribution in [0.4, 0.5) is 0 Å². The molecule has 0 aliphatic carbocycles. The largest absolute Gasteiger partial charge is 0.497 e. The number of pyridine rings is 1. The number of para-hydroxylation sites is 1. The number of ether oxygens (including phenoxy) is 3. The molecule has 32 heavy (non-hydrogen) atoms. The molecule has 0 N–H and O–H groups in total. The van der Waals surface area contributed by atoms with Crippen LogP contribution in [0.3, 0.4) is 0 Å². The highest BCUT2D eigenvalue weighted by atomic mass is 16.5. The van der Waals surface area contributed by atoms with Crippen LogP contribution in [0.25, 0.3) is 10.9 Å². The van der Waals surface area contributed by atoms with Crippen molar-refractivity contribution in [1.29, 1.82) is 0 Å². The quantitative estimate of drug-likeness (QED) is 0.395. The number of hydrogen-bond donors (Lipinski definition) is 0. The lowest BCUT2D eigenvalue weighted by Gasteiger charge is -2.17. The monoisotopic (exact) mass is 425 g/mol. The van der Waals surface area contributed by atoms with E-state index >= 15 is 0 Å². The molecule has 2 unspecified atom stereocenters. The first-order valence-corrected chi connectivity index (χ1v) is 10.6. The van der Waals surface area contributed by atoms with Gasteiger partial charge < -0.3 is 14.2 Å². The van der Waals surface area contributed by atoms with Gasteiger partial charge in [-0.15, -0.1) is 0 Å². The van der Waals surface area contributed by atoms with Gasteiger partial charge in [0.1, 0.15) is 18.1 Å². The van der Waals surface area contributed by atoms with Crippen LogP contribution in [0.5, 0.6) is 11.5 Å². The second kappa shape index (κ2) is 8.71. The molecule has 0 spiro atoms. The molecule has 160 valence electrons. The molecule has 0 radical (unpaired) electrons. The summed E-state index contributed by atoms with van der Waals surface area (Å²) in [6.07, 6.45) is 0. The fourth-order valence-corrected chi connectivity index (χ4v) is 4.15. The maximum Gasteiger partial charge on any atom is 0.314 e. The molecule has 5 nitrogen and oxygen atoms in total. The molecule has 5 heteroatoms. The summed E-state index contributed by atoms with van der Waals surface area (Å²) < 4.78 is 16.6. The molecule has 2 heterocycles. The highest BCUT2D eigenvalue weighted by Gasteiger charge is 2.39. The first kappa shape index (κ1) is 20.1. The Kier molecular flexibility index (Phi) is 5.46. The predicted octanol–water partition coefficient (Wildman–Crippen LogP) is 5.25. The number of fused-ring (bicyclic) bond motifs is 1. The van der Waals surface area contributed by atoms with Gasteiger partial charge in [-0.1, -0.05) is 48.5 Å². The van der Waals surface area contributed by atoms with Crippen LogP contribution in [-0.4, -0.2) is 24.7 Å². The van der Waals surface area contributed by atoms with E-state index in [1.165, 1.54) is 0 Å². The summed E-state index contributed by atoms with van der Waals surface area (Å²) >= 11 is 0. The van der Waals surface area contributed by atoms with E-state index in [4.69, 9.17) is 14.2 Å². The molecule has 5 rings (SSSR count). The van der Waals surface area contributed by atoms with Gasteiger partial charge in [0, 0.05) is 11.3 Å². The lowest BCUT2D eigenvalue weighted by molar-refractivity contribution is -0.139. The molecule has 0 saturated carbocycles. The number of hydrogen-bond acceptors (Lipinski definition) is 5. The van der Waals surface area contributed by atoms with Gasteiger partial charge in [-0.2, -0.15) is 0 Å². The van der Waals surface area contributed by atoms with E-state index in [1.54, 1.807) is 7.11 Å². The third-order valence-corrected chi connectivity index (χ3v) is 5.89. The molecule has 1 saturated heterocycles. The normalized spacial score (nSPS) is 17.8. The molecule has 1 aromatic heterocycles. The number of aromatic nitrogens is 1. The van der Waals surface area contributed by atoms with Crippen molar-refractivity contribution < 1.29 is 19.0 Å². The first-order valence-electron chi connectivity index (χ1n) is 10.6. The van der Waals surface area contributed by atoms with Crippen LogP contribution in [0.15, 0.2) is 84.9 Å². The van der Waals surface area contributed by atoms with Gasteiger partial charge in [-0.05, 0) is 47.5 Å². The van der Waals surface area contributed by atoms with Crippen molar-refractivity contribution in [2.75, 3.05) is 13.7 Å². The van der Waals surface area contributed by atoms with Crippen LogP contribution in [0.2, 0.25) is 0 Å². The summed E-state index contributed by atoms with van der Waals surface area (Å²) in [7, 11) is 1.63. The van der Waals surface area contributed by atoms with E-state index in [0.29, 0.717) is 13.2 Å². The Morgan fingerprint density at radius 1 is 0.875 bits per heavy atom. The zero-order valence-corrected chi connectivity index (χ0v) is 17.7. The molecular weight excluding hydrogens is 402 g/mol. The molecule has 1 fully saturated rings. The lowest BCUT2D eigenvalue weighted by Crippen LogP contribution is -2.12. The van der Waals surface area contributed by atoms with Crippen molar-refractivity contribution in [3.05, 3.63) is 102 Å².